The number of carbonyl (C=O) groups excluding carboxylic acids is 2. The second kappa shape index (κ2) is 4.84. The van der Waals surface area contributed by atoms with Crippen LogP contribution in [0.25, 0.3) is 0 Å². The van der Waals surface area contributed by atoms with Crippen molar-refractivity contribution in [1.82, 2.24) is 15.2 Å². The normalized spacial score (nSPS) is 23.2. The van der Waals surface area contributed by atoms with E-state index < -0.39 is 5.54 Å². The van der Waals surface area contributed by atoms with Crippen LogP contribution >= 0.6 is 11.3 Å². The lowest BCUT2D eigenvalue weighted by atomic mass is 9.92. The van der Waals surface area contributed by atoms with Gasteiger partial charge in [0.25, 0.3) is 0 Å². The number of aryl methyl sites for hydroxylation is 1. The molecule has 1 aliphatic carbocycles. The molecular weight excluding hydrogens is 274 g/mol. The summed E-state index contributed by atoms with van der Waals surface area (Å²) in [7, 11) is 0. The summed E-state index contributed by atoms with van der Waals surface area (Å²) in [5.74, 6) is 0.0154. The Morgan fingerprint density at radius 3 is 2.70 bits per heavy atom. The standard InChI is InChI=1S/C14H19N3O2S/c1-9-8-20-12(15-9)10(2)17-7-11(18)16-14(13(17)19)5-3-4-6-14/h8,10H,3-7H2,1-2H3,(H,16,18). The minimum absolute atomic E-state index is 0.0494. The highest BCUT2D eigenvalue weighted by molar-refractivity contribution is 7.09. The number of piperazine rings is 1. The highest BCUT2D eigenvalue weighted by atomic mass is 32.1. The van der Waals surface area contributed by atoms with Crippen LogP contribution in [0, 0.1) is 6.92 Å². The molecule has 1 unspecified atom stereocenters. The van der Waals surface area contributed by atoms with Gasteiger partial charge in [-0.1, -0.05) is 12.8 Å². The third-order valence-electron chi connectivity index (χ3n) is 4.28. The van der Waals surface area contributed by atoms with Gasteiger partial charge in [-0.2, -0.15) is 0 Å². The average molecular weight is 293 g/mol. The van der Waals surface area contributed by atoms with E-state index in [1.54, 1.807) is 16.2 Å². The molecule has 1 aromatic rings. The zero-order chi connectivity index (χ0) is 14.3. The van der Waals surface area contributed by atoms with Gasteiger partial charge in [-0.25, -0.2) is 4.98 Å². The third-order valence-corrected chi connectivity index (χ3v) is 5.41. The molecule has 0 bridgehead atoms. The largest absolute Gasteiger partial charge is 0.340 e. The number of nitrogens with zero attached hydrogens (tertiary/aromatic N) is 2. The molecule has 1 atom stereocenters. The molecule has 1 saturated heterocycles. The molecule has 0 radical (unpaired) electrons. The minimum atomic E-state index is -0.643. The number of thiazole rings is 1. The Morgan fingerprint density at radius 1 is 1.40 bits per heavy atom. The lowest BCUT2D eigenvalue weighted by molar-refractivity contribution is -0.152. The van der Waals surface area contributed by atoms with Crippen LogP contribution in [0.3, 0.4) is 0 Å². The van der Waals surface area contributed by atoms with Gasteiger partial charge in [-0.3, -0.25) is 9.59 Å². The molecule has 1 aromatic heterocycles. The van der Waals surface area contributed by atoms with E-state index >= 15 is 0 Å². The summed E-state index contributed by atoms with van der Waals surface area (Å²) < 4.78 is 0. The maximum absolute atomic E-state index is 12.8. The topological polar surface area (TPSA) is 62.3 Å². The van der Waals surface area contributed by atoms with Crippen molar-refractivity contribution in [2.24, 2.45) is 0 Å². The summed E-state index contributed by atoms with van der Waals surface area (Å²) in [5, 5.41) is 5.82. The van der Waals surface area contributed by atoms with Gasteiger partial charge in [0, 0.05) is 11.1 Å². The van der Waals surface area contributed by atoms with Gasteiger partial charge < -0.3 is 10.2 Å². The van der Waals surface area contributed by atoms with Crippen molar-refractivity contribution in [3.8, 4) is 0 Å². The number of rotatable bonds is 2. The highest BCUT2D eigenvalue weighted by Gasteiger charge is 2.49. The van der Waals surface area contributed by atoms with Crippen LogP contribution in [0.5, 0.6) is 0 Å². The Hall–Kier alpha value is -1.43. The molecule has 0 aromatic carbocycles. The zero-order valence-electron chi connectivity index (χ0n) is 11.8. The number of aromatic nitrogens is 1. The van der Waals surface area contributed by atoms with Crippen molar-refractivity contribution < 1.29 is 9.59 Å². The Bertz CT molecular complexity index is 548. The van der Waals surface area contributed by atoms with Gasteiger partial charge in [-0.05, 0) is 26.7 Å². The number of hydrogen-bond donors (Lipinski definition) is 1. The van der Waals surface area contributed by atoms with E-state index in [2.05, 4.69) is 10.3 Å². The summed E-state index contributed by atoms with van der Waals surface area (Å²) in [4.78, 5) is 31.0. The molecule has 1 saturated carbocycles. The number of hydrogen-bond acceptors (Lipinski definition) is 4. The molecule has 3 rings (SSSR count). The van der Waals surface area contributed by atoms with Crippen LogP contribution < -0.4 is 5.32 Å². The third kappa shape index (κ3) is 2.12. The van der Waals surface area contributed by atoms with Crippen LogP contribution in [-0.2, 0) is 9.59 Å². The first-order valence-corrected chi connectivity index (χ1v) is 7.94. The fourth-order valence-corrected chi connectivity index (χ4v) is 4.05. The first-order valence-electron chi connectivity index (χ1n) is 7.06. The first kappa shape index (κ1) is 13.5. The van der Waals surface area contributed by atoms with Crippen molar-refractivity contribution in [3.63, 3.8) is 0 Å². The Balaban J connectivity index is 1.88. The minimum Gasteiger partial charge on any atom is -0.340 e. The van der Waals surface area contributed by atoms with E-state index in [0.29, 0.717) is 0 Å². The van der Waals surface area contributed by atoms with Crippen molar-refractivity contribution in [2.45, 2.75) is 51.1 Å². The van der Waals surface area contributed by atoms with Crippen LogP contribution in [0.2, 0.25) is 0 Å². The SMILES string of the molecule is Cc1csc(C(C)N2CC(=O)NC3(CCCC3)C2=O)n1. The van der Waals surface area contributed by atoms with Gasteiger partial charge in [0.15, 0.2) is 0 Å². The number of carbonyl (C=O) groups is 2. The molecule has 6 heteroatoms. The Morgan fingerprint density at radius 2 is 2.10 bits per heavy atom. The van der Waals surface area contributed by atoms with Crippen molar-refractivity contribution in [2.75, 3.05) is 6.54 Å². The lowest BCUT2D eigenvalue weighted by Crippen LogP contribution is -2.65. The average Bonchev–Trinajstić information content (AvgIpc) is 3.03. The van der Waals surface area contributed by atoms with E-state index in [1.807, 2.05) is 19.2 Å². The number of nitrogens with one attached hydrogen (secondary N) is 1. The van der Waals surface area contributed by atoms with Gasteiger partial charge in [0.2, 0.25) is 11.8 Å². The summed E-state index contributed by atoms with van der Waals surface area (Å²) >= 11 is 1.55. The van der Waals surface area contributed by atoms with Gasteiger partial charge >= 0.3 is 0 Å². The predicted octanol–water partition coefficient (Wildman–Crippen LogP) is 1.78. The predicted molar refractivity (Wildman–Crippen MR) is 76.3 cm³/mol. The second-order valence-electron chi connectivity index (χ2n) is 5.77. The summed E-state index contributed by atoms with van der Waals surface area (Å²) in [5.41, 5.74) is 0.317. The quantitative estimate of drug-likeness (QED) is 0.904. The van der Waals surface area contributed by atoms with Gasteiger partial charge in [-0.15, -0.1) is 11.3 Å². The highest BCUT2D eigenvalue weighted by Crippen LogP contribution is 2.36. The first-order chi connectivity index (χ1) is 9.52. The van der Waals surface area contributed by atoms with E-state index in [1.165, 1.54) is 0 Å². The van der Waals surface area contributed by atoms with E-state index in [0.717, 1.165) is 36.4 Å². The van der Waals surface area contributed by atoms with Crippen LogP contribution in [0.15, 0.2) is 5.38 Å². The maximum Gasteiger partial charge on any atom is 0.249 e. The van der Waals surface area contributed by atoms with Crippen LogP contribution in [0.1, 0.15) is 49.4 Å². The number of amides is 2. The van der Waals surface area contributed by atoms with Crippen molar-refractivity contribution in [3.05, 3.63) is 16.1 Å². The molecule has 1 spiro atoms. The zero-order valence-corrected chi connectivity index (χ0v) is 12.6. The van der Waals surface area contributed by atoms with Crippen LogP contribution in [-0.4, -0.2) is 33.8 Å². The Labute approximate surface area is 122 Å². The molecule has 1 aliphatic heterocycles. The smallest absolute Gasteiger partial charge is 0.249 e. The lowest BCUT2D eigenvalue weighted by Gasteiger charge is -2.41. The molecule has 20 heavy (non-hydrogen) atoms. The fraction of sp³-hybridized carbons (Fsp3) is 0.643. The molecule has 2 heterocycles. The molecule has 5 nitrogen and oxygen atoms in total. The maximum atomic E-state index is 12.8. The van der Waals surface area contributed by atoms with Crippen molar-refractivity contribution >= 4 is 23.2 Å². The Kier molecular flexibility index (Phi) is 3.28. The van der Waals surface area contributed by atoms with Crippen LogP contribution in [0.4, 0.5) is 0 Å². The van der Waals surface area contributed by atoms with E-state index in [-0.39, 0.29) is 24.4 Å². The van der Waals surface area contributed by atoms with E-state index in [9.17, 15) is 9.59 Å². The molecule has 2 aliphatic rings. The fourth-order valence-electron chi connectivity index (χ4n) is 3.19. The summed E-state index contributed by atoms with van der Waals surface area (Å²) in [6.07, 6.45) is 3.53. The molecule has 1 N–H and O–H groups in total. The molecule has 108 valence electrons. The van der Waals surface area contributed by atoms with Gasteiger partial charge in [0.1, 0.15) is 17.1 Å². The molecular formula is C14H19N3O2S. The molecule has 2 amide bonds. The monoisotopic (exact) mass is 293 g/mol. The second-order valence-corrected chi connectivity index (χ2v) is 6.66. The van der Waals surface area contributed by atoms with Crippen molar-refractivity contribution in [1.29, 1.82) is 0 Å². The molecule has 2 fully saturated rings. The van der Waals surface area contributed by atoms with Gasteiger partial charge in [0.05, 0.1) is 6.04 Å². The summed E-state index contributed by atoms with van der Waals surface area (Å²) in [6.45, 7) is 4.04. The summed E-state index contributed by atoms with van der Waals surface area (Å²) in [6, 6.07) is -0.135. The van der Waals surface area contributed by atoms with E-state index in [4.69, 9.17) is 0 Å².